The molecule has 1 fully saturated rings. The third kappa shape index (κ3) is 4.34. The zero-order valence-electron chi connectivity index (χ0n) is 18.6. The minimum atomic E-state index is -3.80. The van der Waals surface area contributed by atoms with Crippen molar-refractivity contribution in [3.63, 3.8) is 0 Å². The van der Waals surface area contributed by atoms with Crippen LogP contribution in [-0.4, -0.2) is 58.7 Å². The van der Waals surface area contributed by atoms with Crippen LogP contribution in [0.2, 0.25) is 0 Å². The van der Waals surface area contributed by atoms with Crippen molar-refractivity contribution in [3.8, 4) is 5.75 Å². The summed E-state index contributed by atoms with van der Waals surface area (Å²) in [5.74, 6) is 0.137. The first-order chi connectivity index (χ1) is 15.5. The SMILES string of the molecule is CCCOC1CCCN(C(=O)c2cc(S(=O)(=O)N3CCc4ccccc43)ccc2OC)C1. The Morgan fingerprint density at radius 1 is 1.16 bits per heavy atom. The molecule has 0 aromatic heterocycles. The van der Waals surface area contributed by atoms with E-state index in [2.05, 4.69) is 6.92 Å². The van der Waals surface area contributed by atoms with E-state index in [1.165, 1.54) is 23.5 Å². The van der Waals surface area contributed by atoms with Gasteiger partial charge in [-0.15, -0.1) is 0 Å². The van der Waals surface area contributed by atoms with Gasteiger partial charge in [-0.3, -0.25) is 9.10 Å². The van der Waals surface area contributed by atoms with E-state index >= 15 is 0 Å². The first kappa shape index (κ1) is 22.6. The van der Waals surface area contributed by atoms with Crippen LogP contribution >= 0.6 is 0 Å². The Hall–Kier alpha value is -2.58. The quantitative estimate of drug-likeness (QED) is 0.635. The number of likely N-dealkylation sites (tertiary alicyclic amines) is 1. The number of amides is 1. The van der Waals surface area contributed by atoms with Crippen LogP contribution in [0.5, 0.6) is 5.75 Å². The van der Waals surface area contributed by atoms with Gasteiger partial charge < -0.3 is 14.4 Å². The lowest BCUT2D eigenvalue weighted by Gasteiger charge is -2.33. The number of rotatable bonds is 7. The maximum Gasteiger partial charge on any atom is 0.264 e. The first-order valence-electron chi connectivity index (χ1n) is 11.1. The van der Waals surface area contributed by atoms with Gasteiger partial charge in [0.2, 0.25) is 0 Å². The van der Waals surface area contributed by atoms with Crippen LogP contribution in [0.4, 0.5) is 5.69 Å². The van der Waals surface area contributed by atoms with Gasteiger partial charge in [-0.1, -0.05) is 25.1 Å². The van der Waals surface area contributed by atoms with E-state index in [0.717, 1.165) is 24.8 Å². The fourth-order valence-corrected chi connectivity index (χ4v) is 5.94. The van der Waals surface area contributed by atoms with Crippen LogP contribution in [0.25, 0.3) is 0 Å². The highest BCUT2D eigenvalue weighted by Crippen LogP contribution is 2.34. The molecule has 1 atom stereocenters. The molecule has 32 heavy (non-hydrogen) atoms. The molecule has 0 aliphatic carbocycles. The van der Waals surface area contributed by atoms with Crippen molar-refractivity contribution >= 4 is 21.6 Å². The normalized spacial score (nSPS) is 18.5. The van der Waals surface area contributed by atoms with Gasteiger partial charge in [0.05, 0.1) is 29.4 Å². The molecule has 7 nitrogen and oxygen atoms in total. The predicted octanol–water partition coefficient (Wildman–Crippen LogP) is 3.48. The van der Waals surface area contributed by atoms with E-state index in [9.17, 15) is 13.2 Å². The molecule has 1 saturated heterocycles. The molecule has 2 aliphatic heterocycles. The maximum atomic E-state index is 13.5. The molecule has 1 amide bonds. The van der Waals surface area contributed by atoms with Crippen molar-refractivity contribution < 1.29 is 22.7 Å². The number of carbonyl (C=O) groups is 1. The molecular weight excluding hydrogens is 428 g/mol. The molecule has 0 radical (unpaired) electrons. The second-order valence-corrected chi connectivity index (χ2v) is 10.1. The number of anilines is 1. The van der Waals surface area contributed by atoms with Gasteiger partial charge in [0.15, 0.2) is 0 Å². The van der Waals surface area contributed by atoms with Gasteiger partial charge in [0, 0.05) is 26.2 Å². The number of para-hydroxylation sites is 1. The summed E-state index contributed by atoms with van der Waals surface area (Å²) < 4.78 is 39.6. The Bertz CT molecular complexity index is 1090. The number of carbonyl (C=O) groups excluding carboxylic acids is 1. The van der Waals surface area contributed by atoms with Gasteiger partial charge >= 0.3 is 0 Å². The highest BCUT2D eigenvalue weighted by Gasteiger charge is 2.33. The lowest BCUT2D eigenvalue weighted by atomic mass is 10.1. The molecule has 1 unspecified atom stereocenters. The van der Waals surface area contributed by atoms with Crippen molar-refractivity contribution in [2.24, 2.45) is 0 Å². The van der Waals surface area contributed by atoms with Gasteiger partial charge in [-0.25, -0.2) is 8.42 Å². The maximum absolute atomic E-state index is 13.5. The second-order valence-electron chi connectivity index (χ2n) is 8.20. The van der Waals surface area contributed by atoms with E-state index in [1.807, 2.05) is 24.3 Å². The van der Waals surface area contributed by atoms with Crippen molar-refractivity contribution in [2.75, 3.05) is 37.7 Å². The predicted molar refractivity (Wildman–Crippen MR) is 123 cm³/mol. The Morgan fingerprint density at radius 2 is 1.97 bits per heavy atom. The van der Waals surface area contributed by atoms with E-state index in [4.69, 9.17) is 9.47 Å². The summed E-state index contributed by atoms with van der Waals surface area (Å²) in [5.41, 5.74) is 1.97. The summed E-state index contributed by atoms with van der Waals surface area (Å²) >= 11 is 0. The summed E-state index contributed by atoms with van der Waals surface area (Å²) in [7, 11) is -2.32. The standard InChI is InChI=1S/C24H30N2O5S/c1-3-15-31-19-8-6-13-25(17-19)24(27)21-16-20(10-11-23(21)30-2)32(28,29)26-14-12-18-7-4-5-9-22(18)26/h4-5,7,9-11,16,19H,3,6,8,12-15,17H2,1-2H3. The van der Waals surface area contributed by atoms with Gasteiger partial charge in [-0.2, -0.15) is 0 Å². The number of hydrogen-bond donors (Lipinski definition) is 0. The lowest BCUT2D eigenvalue weighted by molar-refractivity contribution is 0.00201. The van der Waals surface area contributed by atoms with Gasteiger partial charge in [0.1, 0.15) is 5.75 Å². The average molecular weight is 459 g/mol. The van der Waals surface area contributed by atoms with Crippen molar-refractivity contribution in [2.45, 2.75) is 43.6 Å². The number of sulfonamides is 1. The summed E-state index contributed by atoms with van der Waals surface area (Å²) in [6.07, 6.45) is 3.38. The average Bonchev–Trinajstić information content (AvgIpc) is 3.27. The monoisotopic (exact) mass is 458 g/mol. The van der Waals surface area contributed by atoms with Gasteiger partial charge in [-0.05, 0) is 55.5 Å². The molecule has 0 spiro atoms. The van der Waals surface area contributed by atoms with Crippen molar-refractivity contribution in [3.05, 3.63) is 53.6 Å². The van der Waals surface area contributed by atoms with Crippen LogP contribution in [-0.2, 0) is 21.2 Å². The fourth-order valence-electron chi connectivity index (χ4n) is 4.41. The van der Waals surface area contributed by atoms with Crippen LogP contribution < -0.4 is 9.04 Å². The number of hydrogen-bond acceptors (Lipinski definition) is 5. The zero-order valence-corrected chi connectivity index (χ0v) is 19.4. The largest absolute Gasteiger partial charge is 0.496 e. The van der Waals surface area contributed by atoms with Crippen LogP contribution in [0.15, 0.2) is 47.4 Å². The van der Waals surface area contributed by atoms with Crippen LogP contribution in [0.1, 0.15) is 42.1 Å². The number of ether oxygens (including phenoxy) is 2. The Kier molecular flexibility index (Phi) is 6.71. The second kappa shape index (κ2) is 9.50. The molecule has 2 aliphatic rings. The van der Waals surface area contributed by atoms with E-state index in [1.54, 1.807) is 11.0 Å². The minimum absolute atomic E-state index is 0.00617. The van der Waals surface area contributed by atoms with E-state index < -0.39 is 10.0 Å². The summed E-state index contributed by atoms with van der Waals surface area (Å²) in [6.45, 7) is 4.23. The highest BCUT2D eigenvalue weighted by molar-refractivity contribution is 7.92. The van der Waals surface area contributed by atoms with Gasteiger partial charge in [0.25, 0.3) is 15.9 Å². The highest BCUT2D eigenvalue weighted by atomic mass is 32.2. The van der Waals surface area contributed by atoms with E-state index in [0.29, 0.717) is 44.1 Å². The third-order valence-corrected chi connectivity index (χ3v) is 7.87. The van der Waals surface area contributed by atoms with E-state index in [-0.39, 0.29) is 22.5 Å². The van der Waals surface area contributed by atoms with Crippen LogP contribution in [0, 0.1) is 0 Å². The summed E-state index contributed by atoms with van der Waals surface area (Å²) in [4.78, 5) is 15.2. The third-order valence-electron chi connectivity index (χ3n) is 6.06. The first-order valence-corrected chi connectivity index (χ1v) is 12.6. The molecule has 4 rings (SSSR count). The zero-order chi connectivity index (χ0) is 22.7. The number of methoxy groups -OCH3 is 1. The molecule has 0 saturated carbocycles. The van der Waals surface area contributed by atoms with Crippen LogP contribution in [0.3, 0.4) is 0 Å². The number of nitrogens with zero attached hydrogens (tertiary/aromatic N) is 2. The molecule has 2 aromatic rings. The minimum Gasteiger partial charge on any atom is -0.496 e. The number of piperidine rings is 1. The molecule has 2 aromatic carbocycles. The summed E-state index contributed by atoms with van der Waals surface area (Å²) in [5, 5.41) is 0. The molecule has 0 N–H and O–H groups in total. The molecule has 8 heteroatoms. The Labute approximate surface area is 190 Å². The fraction of sp³-hybridized carbons (Fsp3) is 0.458. The molecule has 2 heterocycles. The number of fused-ring (bicyclic) bond motifs is 1. The van der Waals surface area contributed by atoms with Crippen molar-refractivity contribution in [1.82, 2.24) is 4.90 Å². The molecule has 0 bridgehead atoms. The smallest absolute Gasteiger partial charge is 0.264 e. The molecule has 172 valence electrons. The number of benzene rings is 2. The lowest BCUT2D eigenvalue weighted by Crippen LogP contribution is -2.43. The Morgan fingerprint density at radius 3 is 2.75 bits per heavy atom. The summed E-state index contributed by atoms with van der Waals surface area (Å²) in [6, 6.07) is 12.0. The molecular formula is C24H30N2O5S. The Balaban J connectivity index is 1.62. The van der Waals surface area contributed by atoms with Crippen molar-refractivity contribution in [1.29, 1.82) is 0 Å². The topological polar surface area (TPSA) is 76.2 Å².